The molecule has 2 fully saturated rings. The van der Waals surface area contributed by atoms with Gasteiger partial charge in [0.05, 0.1) is 5.41 Å². The third kappa shape index (κ3) is 1.54. The predicted molar refractivity (Wildman–Crippen MR) is 63.0 cm³/mol. The molecule has 2 nitrogen and oxygen atoms in total. The lowest BCUT2D eigenvalue weighted by atomic mass is 9.60. The lowest BCUT2D eigenvalue weighted by Gasteiger charge is -2.42. The Morgan fingerprint density at radius 2 is 1.69 bits per heavy atom. The average Bonchev–Trinajstić information content (AvgIpc) is 2.51. The SMILES string of the molecule is CC(C)[C@@H]1CC[C@H](C)C2(C1)C(=O)CCC2=O. The van der Waals surface area contributed by atoms with Crippen LogP contribution in [0.3, 0.4) is 0 Å². The molecule has 0 saturated heterocycles. The van der Waals surface area contributed by atoms with Gasteiger partial charge in [-0.15, -0.1) is 0 Å². The zero-order valence-corrected chi connectivity index (χ0v) is 10.6. The number of hydrogen-bond acceptors (Lipinski definition) is 2. The number of hydrogen-bond donors (Lipinski definition) is 0. The van der Waals surface area contributed by atoms with E-state index >= 15 is 0 Å². The summed E-state index contributed by atoms with van der Waals surface area (Å²) in [5.41, 5.74) is -0.576. The van der Waals surface area contributed by atoms with Gasteiger partial charge in [0.1, 0.15) is 11.6 Å². The molecule has 2 rings (SSSR count). The van der Waals surface area contributed by atoms with Crippen LogP contribution in [-0.4, -0.2) is 11.6 Å². The second-order valence-electron chi connectivity index (χ2n) is 6.00. The van der Waals surface area contributed by atoms with E-state index in [9.17, 15) is 9.59 Å². The maximum absolute atomic E-state index is 12.1. The van der Waals surface area contributed by atoms with E-state index in [4.69, 9.17) is 0 Å². The van der Waals surface area contributed by atoms with E-state index < -0.39 is 5.41 Å². The summed E-state index contributed by atoms with van der Waals surface area (Å²) < 4.78 is 0. The van der Waals surface area contributed by atoms with E-state index in [0.717, 1.165) is 12.8 Å². The van der Waals surface area contributed by atoms with Gasteiger partial charge in [-0.3, -0.25) is 9.59 Å². The molecule has 0 aromatic heterocycles. The standard InChI is InChI=1S/C14H22O2/c1-9(2)11-5-4-10(3)14(8-11)12(15)6-7-13(14)16/h9-11H,4-8H2,1-3H3/t10-,11+/m0/s1. The van der Waals surface area contributed by atoms with Crippen molar-refractivity contribution >= 4 is 11.6 Å². The summed E-state index contributed by atoms with van der Waals surface area (Å²) in [6.07, 6.45) is 4.03. The van der Waals surface area contributed by atoms with E-state index in [1.54, 1.807) is 0 Å². The van der Waals surface area contributed by atoms with Gasteiger partial charge in [-0.25, -0.2) is 0 Å². The van der Waals surface area contributed by atoms with E-state index in [2.05, 4.69) is 20.8 Å². The molecule has 2 heteroatoms. The molecule has 0 N–H and O–H groups in total. The van der Waals surface area contributed by atoms with Gasteiger partial charge in [-0.2, -0.15) is 0 Å². The second kappa shape index (κ2) is 3.97. The molecule has 0 bridgehead atoms. The van der Waals surface area contributed by atoms with Crippen molar-refractivity contribution < 1.29 is 9.59 Å². The fourth-order valence-corrected chi connectivity index (χ4v) is 3.60. The molecule has 16 heavy (non-hydrogen) atoms. The minimum atomic E-state index is -0.576. The topological polar surface area (TPSA) is 34.1 Å². The molecule has 0 radical (unpaired) electrons. The molecule has 0 aliphatic heterocycles. The van der Waals surface area contributed by atoms with Gasteiger partial charge < -0.3 is 0 Å². The monoisotopic (exact) mass is 222 g/mol. The highest BCUT2D eigenvalue weighted by Gasteiger charge is 2.55. The number of carbonyl (C=O) groups excluding carboxylic acids is 2. The van der Waals surface area contributed by atoms with Crippen LogP contribution < -0.4 is 0 Å². The molecule has 90 valence electrons. The van der Waals surface area contributed by atoms with E-state index in [-0.39, 0.29) is 17.5 Å². The first-order valence-electron chi connectivity index (χ1n) is 6.55. The second-order valence-corrected chi connectivity index (χ2v) is 6.00. The van der Waals surface area contributed by atoms with Crippen LogP contribution in [-0.2, 0) is 9.59 Å². The average molecular weight is 222 g/mol. The van der Waals surface area contributed by atoms with Crippen molar-refractivity contribution in [2.24, 2.45) is 23.2 Å². The summed E-state index contributed by atoms with van der Waals surface area (Å²) in [7, 11) is 0. The van der Waals surface area contributed by atoms with Crippen LogP contribution in [0.15, 0.2) is 0 Å². The van der Waals surface area contributed by atoms with Crippen LogP contribution in [0.25, 0.3) is 0 Å². The molecule has 2 atom stereocenters. The third-order valence-corrected chi connectivity index (χ3v) is 4.91. The number of carbonyl (C=O) groups is 2. The van der Waals surface area contributed by atoms with Crippen LogP contribution in [0.2, 0.25) is 0 Å². The van der Waals surface area contributed by atoms with Gasteiger partial charge >= 0.3 is 0 Å². The minimum Gasteiger partial charge on any atom is -0.299 e. The predicted octanol–water partition coefficient (Wildman–Crippen LogP) is 3.00. The first-order chi connectivity index (χ1) is 7.48. The highest BCUT2D eigenvalue weighted by Crippen LogP contribution is 2.51. The molecule has 0 heterocycles. The Morgan fingerprint density at radius 1 is 1.12 bits per heavy atom. The van der Waals surface area contributed by atoms with Gasteiger partial charge in [-0.05, 0) is 37.0 Å². The van der Waals surface area contributed by atoms with E-state index in [0.29, 0.717) is 24.7 Å². The number of rotatable bonds is 1. The largest absolute Gasteiger partial charge is 0.299 e. The summed E-state index contributed by atoms with van der Waals surface area (Å²) in [4.78, 5) is 24.2. The summed E-state index contributed by atoms with van der Waals surface area (Å²) >= 11 is 0. The fraction of sp³-hybridized carbons (Fsp3) is 0.857. The molecular formula is C14H22O2. The van der Waals surface area contributed by atoms with Crippen molar-refractivity contribution in [2.45, 2.75) is 52.9 Å². The van der Waals surface area contributed by atoms with Crippen molar-refractivity contribution in [1.82, 2.24) is 0 Å². The van der Waals surface area contributed by atoms with Gasteiger partial charge in [0.15, 0.2) is 0 Å². The fourth-order valence-electron chi connectivity index (χ4n) is 3.60. The highest BCUT2D eigenvalue weighted by atomic mass is 16.2. The van der Waals surface area contributed by atoms with Crippen LogP contribution in [0.4, 0.5) is 0 Å². The Morgan fingerprint density at radius 3 is 2.19 bits per heavy atom. The van der Waals surface area contributed by atoms with Gasteiger partial charge in [0.25, 0.3) is 0 Å². The van der Waals surface area contributed by atoms with Crippen LogP contribution >= 0.6 is 0 Å². The van der Waals surface area contributed by atoms with E-state index in [1.165, 1.54) is 6.42 Å². The summed E-state index contributed by atoms with van der Waals surface area (Å²) in [5.74, 6) is 1.88. The summed E-state index contributed by atoms with van der Waals surface area (Å²) in [6, 6.07) is 0. The van der Waals surface area contributed by atoms with E-state index in [1.807, 2.05) is 0 Å². The normalized spacial score (nSPS) is 34.0. The summed E-state index contributed by atoms with van der Waals surface area (Å²) in [6.45, 7) is 6.51. The molecule has 2 aliphatic rings. The Hall–Kier alpha value is -0.660. The van der Waals surface area contributed by atoms with Crippen molar-refractivity contribution in [3.8, 4) is 0 Å². The van der Waals surface area contributed by atoms with Crippen LogP contribution in [0.5, 0.6) is 0 Å². The van der Waals surface area contributed by atoms with Crippen molar-refractivity contribution in [1.29, 1.82) is 0 Å². The maximum atomic E-state index is 12.1. The zero-order valence-electron chi connectivity index (χ0n) is 10.6. The Balaban J connectivity index is 2.29. The molecule has 0 aromatic rings. The van der Waals surface area contributed by atoms with Crippen molar-refractivity contribution in [3.63, 3.8) is 0 Å². The minimum absolute atomic E-state index is 0.232. The molecular weight excluding hydrogens is 200 g/mol. The van der Waals surface area contributed by atoms with Crippen LogP contribution in [0.1, 0.15) is 52.9 Å². The molecule has 1 spiro atoms. The Labute approximate surface area is 97.8 Å². The lowest BCUT2D eigenvalue weighted by molar-refractivity contribution is -0.142. The first kappa shape index (κ1) is 11.8. The molecule has 0 aromatic carbocycles. The first-order valence-corrected chi connectivity index (χ1v) is 6.55. The molecule has 0 amide bonds. The quantitative estimate of drug-likeness (QED) is 0.639. The zero-order chi connectivity index (χ0) is 11.9. The number of Topliss-reactive ketones (excluding diaryl/α,β-unsaturated/α-hetero) is 2. The molecule has 2 aliphatic carbocycles. The Bertz CT molecular complexity index is 301. The molecule has 2 saturated carbocycles. The van der Waals surface area contributed by atoms with Crippen molar-refractivity contribution in [2.75, 3.05) is 0 Å². The molecule has 0 unspecified atom stereocenters. The Kier molecular flexibility index (Phi) is 2.93. The smallest absolute Gasteiger partial charge is 0.147 e. The summed E-state index contributed by atoms with van der Waals surface area (Å²) in [5, 5.41) is 0. The lowest BCUT2D eigenvalue weighted by Crippen LogP contribution is -2.45. The highest BCUT2D eigenvalue weighted by molar-refractivity contribution is 6.13. The third-order valence-electron chi connectivity index (χ3n) is 4.91. The van der Waals surface area contributed by atoms with Gasteiger partial charge in [0, 0.05) is 12.8 Å². The number of ketones is 2. The van der Waals surface area contributed by atoms with Crippen molar-refractivity contribution in [3.05, 3.63) is 0 Å². The van der Waals surface area contributed by atoms with Gasteiger partial charge in [0.2, 0.25) is 0 Å². The van der Waals surface area contributed by atoms with Crippen LogP contribution in [0, 0.1) is 23.2 Å². The maximum Gasteiger partial charge on any atom is 0.147 e. The van der Waals surface area contributed by atoms with Gasteiger partial charge in [-0.1, -0.05) is 20.8 Å².